The summed E-state index contributed by atoms with van der Waals surface area (Å²) >= 11 is 0. The number of rotatable bonds is 9. The number of sulfonamides is 1. The maximum absolute atomic E-state index is 13.8. The zero-order valence-corrected chi connectivity index (χ0v) is 24.3. The van der Waals surface area contributed by atoms with Gasteiger partial charge in [-0.2, -0.15) is 26.9 Å². The Labute approximate surface area is 245 Å². The summed E-state index contributed by atoms with van der Waals surface area (Å²) in [6.45, 7) is 0.813. The Balaban J connectivity index is 1.25. The third-order valence-electron chi connectivity index (χ3n) is 9.82. The molecule has 7 rings (SSSR count). The van der Waals surface area contributed by atoms with E-state index in [1.807, 2.05) is 0 Å². The average Bonchev–Trinajstić information content (AvgIpc) is 3.57. The van der Waals surface area contributed by atoms with Gasteiger partial charge in [-0.3, -0.25) is 4.79 Å². The van der Waals surface area contributed by atoms with Crippen LogP contribution in [0.3, 0.4) is 0 Å². The van der Waals surface area contributed by atoms with Crippen LogP contribution in [0.2, 0.25) is 0 Å². The second-order valence-corrected chi connectivity index (χ2v) is 14.8. The number of fused-ring (bicyclic) bond motifs is 3. The molecule has 15 heteroatoms. The minimum atomic E-state index is -4.87. The van der Waals surface area contributed by atoms with Crippen molar-refractivity contribution in [3.8, 4) is 0 Å². The largest absolute Gasteiger partial charge is 0.417 e. The number of halogens is 5. The summed E-state index contributed by atoms with van der Waals surface area (Å²) in [5.41, 5.74) is -3.69. The predicted octanol–water partition coefficient (Wildman–Crippen LogP) is 4.95. The lowest BCUT2D eigenvalue weighted by atomic mass is 9.53. The minimum Gasteiger partial charge on any atom is -0.380 e. The maximum atomic E-state index is 13.8. The molecule has 2 aromatic rings. The quantitative estimate of drug-likeness (QED) is 0.375. The van der Waals surface area contributed by atoms with Crippen LogP contribution in [0.1, 0.15) is 82.8 Å². The van der Waals surface area contributed by atoms with Crippen LogP contribution in [0.4, 0.5) is 27.6 Å². The van der Waals surface area contributed by atoms with Gasteiger partial charge in [0, 0.05) is 36.5 Å². The maximum Gasteiger partial charge on any atom is 0.417 e. The van der Waals surface area contributed by atoms with Gasteiger partial charge in [0.05, 0.1) is 4.90 Å². The first kappa shape index (κ1) is 30.4. The Kier molecular flexibility index (Phi) is 7.01. The highest BCUT2D eigenvalue weighted by molar-refractivity contribution is 7.89. The van der Waals surface area contributed by atoms with Gasteiger partial charge in [0.15, 0.2) is 11.4 Å². The van der Waals surface area contributed by atoms with Crippen molar-refractivity contribution in [2.45, 2.75) is 105 Å². The van der Waals surface area contributed by atoms with E-state index >= 15 is 0 Å². The van der Waals surface area contributed by atoms with E-state index in [2.05, 4.69) is 14.9 Å². The lowest BCUT2D eigenvalue weighted by Gasteiger charge is -2.54. The van der Waals surface area contributed by atoms with Gasteiger partial charge < -0.3 is 14.5 Å². The van der Waals surface area contributed by atoms with Crippen molar-refractivity contribution in [2.24, 2.45) is 11.3 Å². The fourth-order valence-electron chi connectivity index (χ4n) is 6.77. The Bertz CT molecular complexity index is 1490. The van der Waals surface area contributed by atoms with Crippen LogP contribution in [-0.4, -0.2) is 53.9 Å². The van der Waals surface area contributed by atoms with Crippen LogP contribution >= 0.6 is 0 Å². The number of alkyl halides is 5. The lowest BCUT2D eigenvalue weighted by molar-refractivity contribution is -0.295. The molecule has 5 fully saturated rings. The molecule has 0 spiro atoms. The molecule has 0 aliphatic heterocycles. The van der Waals surface area contributed by atoms with Gasteiger partial charge in [0.2, 0.25) is 15.9 Å². The normalized spacial score (nSPS) is 31.1. The third-order valence-corrected chi connectivity index (χ3v) is 11.3. The van der Waals surface area contributed by atoms with E-state index in [9.17, 15) is 40.3 Å². The number of amides is 1. The summed E-state index contributed by atoms with van der Waals surface area (Å²) in [4.78, 5) is 19.1. The van der Waals surface area contributed by atoms with E-state index in [0.29, 0.717) is 45.4 Å². The van der Waals surface area contributed by atoms with Gasteiger partial charge in [0.25, 0.3) is 5.89 Å². The SMILES string of the molecule is CC(F)(F)c1nc(C23CCC(CN(C(=O)C4CC(O)(C(F)(F)F)C4)c4cccc(S(=O)(=O)NC5CC5)c4)(CC2)CC3)no1. The van der Waals surface area contributed by atoms with Crippen LogP contribution in [-0.2, 0) is 26.2 Å². The minimum absolute atomic E-state index is 0.0560. The van der Waals surface area contributed by atoms with Gasteiger partial charge >= 0.3 is 12.1 Å². The summed E-state index contributed by atoms with van der Waals surface area (Å²) < 4.78 is 101. The fourth-order valence-corrected chi connectivity index (χ4v) is 8.12. The molecule has 1 aromatic heterocycles. The molecule has 5 aliphatic rings. The molecular formula is C28H33F5N4O5S. The average molecular weight is 633 g/mol. The van der Waals surface area contributed by atoms with Crippen LogP contribution in [0.25, 0.3) is 0 Å². The monoisotopic (exact) mass is 632 g/mol. The van der Waals surface area contributed by atoms with Crippen molar-refractivity contribution in [3.05, 3.63) is 36.0 Å². The number of aromatic nitrogens is 2. The molecule has 43 heavy (non-hydrogen) atoms. The molecule has 2 bridgehead atoms. The highest BCUT2D eigenvalue weighted by Crippen LogP contribution is 2.58. The molecule has 5 aliphatic carbocycles. The Morgan fingerprint density at radius 1 is 1.09 bits per heavy atom. The number of benzene rings is 1. The number of anilines is 1. The number of carbonyl (C=O) groups is 1. The molecule has 0 unspecified atom stereocenters. The van der Waals surface area contributed by atoms with Gasteiger partial charge in [-0.25, -0.2) is 13.1 Å². The highest BCUT2D eigenvalue weighted by Gasteiger charge is 2.63. The van der Waals surface area contributed by atoms with E-state index in [4.69, 9.17) is 4.52 Å². The first-order valence-electron chi connectivity index (χ1n) is 14.4. The molecule has 0 saturated heterocycles. The van der Waals surface area contributed by atoms with Crippen molar-refractivity contribution in [3.63, 3.8) is 0 Å². The molecule has 1 heterocycles. The van der Waals surface area contributed by atoms with E-state index in [0.717, 1.165) is 12.8 Å². The van der Waals surface area contributed by atoms with Crippen molar-refractivity contribution >= 4 is 21.6 Å². The molecule has 236 valence electrons. The fraction of sp³-hybridized carbons (Fsp3) is 0.679. The van der Waals surface area contributed by atoms with E-state index in [1.165, 1.54) is 23.1 Å². The molecule has 0 atom stereocenters. The smallest absolute Gasteiger partial charge is 0.380 e. The molecule has 2 N–H and O–H groups in total. The Morgan fingerprint density at radius 2 is 1.72 bits per heavy atom. The van der Waals surface area contributed by atoms with Gasteiger partial charge in [-0.1, -0.05) is 11.2 Å². The Hall–Kier alpha value is -2.65. The van der Waals surface area contributed by atoms with Crippen molar-refractivity contribution in [1.82, 2.24) is 14.9 Å². The van der Waals surface area contributed by atoms with Crippen molar-refractivity contribution in [1.29, 1.82) is 0 Å². The molecular weight excluding hydrogens is 599 g/mol. The topological polar surface area (TPSA) is 126 Å². The number of carbonyl (C=O) groups excluding carboxylic acids is 1. The summed E-state index contributed by atoms with van der Waals surface area (Å²) in [6, 6.07) is 5.65. The molecule has 1 aromatic carbocycles. The van der Waals surface area contributed by atoms with E-state index in [-0.39, 0.29) is 29.0 Å². The third kappa shape index (κ3) is 5.56. The number of nitrogens with one attached hydrogen (secondary N) is 1. The van der Waals surface area contributed by atoms with Crippen molar-refractivity contribution in [2.75, 3.05) is 11.4 Å². The molecule has 0 radical (unpaired) electrons. The summed E-state index contributed by atoms with van der Waals surface area (Å²) in [5.74, 6) is -5.49. The van der Waals surface area contributed by atoms with E-state index in [1.54, 1.807) is 6.07 Å². The standard InChI is InChI=1S/C28H33F5N4O5S/c1-24(29,30)23-34-22(35-42-23)26-10-7-25(8-11-26,9-12-26)16-37(21(38)17-14-27(39,15-17)28(31,32)33)19-3-2-4-20(13-19)43(40,41)36-18-5-6-18/h2-4,13,17-18,36,39H,5-12,14-16H2,1H3. The first-order chi connectivity index (χ1) is 19.9. The molecule has 9 nitrogen and oxygen atoms in total. The molecule has 5 saturated carbocycles. The number of hydrogen-bond donors (Lipinski definition) is 2. The van der Waals surface area contributed by atoms with Gasteiger partial charge in [-0.15, -0.1) is 0 Å². The highest BCUT2D eigenvalue weighted by atomic mass is 32.2. The summed E-state index contributed by atoms with van der Waals surface area (Å²) in [6.07, 6.45) is -1.63. The van der Waals surface area contributed by atoms with Gasteiger partial charge in [0.1, 0.15) is 0 Å². The summed E-state index contributed by atoms with van der Waals surface area (Å²) in [7, 11) is -3.87. The van der Waals surface area contributed by atoms with Gasteiger partial charge in [-0.05, 0) is 87.8 Å². The van der Waals surface area contributed by atoms with Crippen LogP contribution in [0.15, 0.2) is 33.7 Å². The van der Waals surface area contributed by atoms with Crippen molar-refractivity contribution < 1.29 is 44.8 Å². The van der Waals surface area contributed by atoms with Crippen LogP contribution in [0.5, 0.6) is 0 Å². The van der Waals surface area contributed by atoms with E-state index < -0.39 is 69.1 Å². The number of hydrogen-bond acceptors (Lipinski definition) is 7. The predicted molar refractivity (Wildman–Crippen MR) is 142 cm³/mol. The van der Waals surface area contributed by atoms with Crippen LogP contribution in [0, 0.1) is 11.3 Å². The lowest BCUT2D eigenvalue weighted by Crippen LogP contribution is -2.60. The second-order valence-electron chi connectivity index (χ2n) is 13.0. The molecule has 1 amide bonds. The number of aliphatic hydroxyl groups is 1. The summed E-state index contributed by atoms with van der Waals surface area (Å²) in [5, 5.41) is 13.9. The second kappa shape index (κ2) is 9.93. The zero-order chi connectivity index (χ0) is 31.1. The first-order valence-corrected chi connectivity index (χ1v) is 15.9. The van der Waals surface area contributed by atoms with Crippen LogP contribution < -0.4 is 9.62 Å². The zero-order valence-electron chi connectivity index (χ0n) is 23.5. The number of nitrogens with zero attached hydrogens (tertiary/aromatic N) is 3. The Morgan fingerprint density at radius 3 is 2.26 bits per heavy atom.